The number of thiazole rings is 1. The van der Waals surface area contributed by atoms with Gasteiger partial charge in [-0.25, -0.2) is 9.78 Å². The van der Waals surface area contributed by atoms with E-state index in [2.05, 4.69) is 15.6 Å². The number of nitrogens with zero attached hydrogens (tertiary/aromatic N) is 1. The SMILES string of the molecule is CCCNC(=O)NC(C)c1ncc(C)s1. The summed E-state index contributed by atoms with van der Waals surface area (Å²) in [4.78, 5) is 16.7. The Morgan fingerprint density at radius 2 is 2.40 bits per heavy atom. The van der Waals surface area contributed by atoms with Crippen molar-refractivity contribution >= 4 is 17.4 Å². The molecule has 0 bridgehead atoms. The van der Waals surface area contributed by atoms with Crippen molar-refractivity contribution < 1.29 is 4.79 Å². The van der Waals surface area contributed by atoms with E-state index in [-0.39, 0.29) is 12.1 Å². The number of rotatable bonds is 4. The molecular formula is C10H17N3OS. The molecule has 2 N–H and O–H groups in total. The molecule has 84 valence electrons. The number of carbonyl (C=O) groups is 1. The number of aryl methyl sites for hydroxylation is 1. The zero-order valence-electron chi connectivity index (χ0n) is 9.33. The summed E-state index contributed by atoms with van der Waals surface area (Å²) in [5, 5.41) is 6.55. The summed E-state index contributed by atoms with van der Waals surface area (Å²) in [6.45, 7) is 6.66. The molecule has 0 aliphatic rings. The lowest BCUT2D eigenvalue weighted by Gasteiger charge is -2.11. The molecule has 0 saturated carbocycles. The first-order valence-electron chi connectivity index (χ1n) is 5.10. The minimum atomic E-state index is -0.128. The summed E-state index contributed by atoms with van der Waals surface area (Å²) >= 11 is 1.61. The lowest BCUT2D eigenvalue weighted by molar-refractivity contribution is 0.238. The van der Waals surface area contributed by atoms with Crippen molar-refractivity contribution in [2.75, 3.05) is 6.54 Å². The van der Waals surface area contributed by atoms with Crippen LogP contribution in [0.1, 0.15) is 36.2 Å². The number of carbonyl (C=O) groups excluding carboxylic acids is 1. The normalized spacial score (nSPS) is 12.2. The van der Waals surface area contributed by atoms with Crippen molar-refractivity contribution in [3.05, 3.63) is 16.1 Å². The van der Waals surface area contributed by atoms with Crippen LogP contribution in [0.5, 0.6) is 0 Å². The molecule has 0 aliphatic heterocycles. The van der Waals surface area contributed by atoms with Gasteiger partial charge in [-0.15, -0.1) is 11.3 Å². The number of nitrogens with one attached hydrogen (secondary N) is 2. The monoisotopic (exact) mass is 227 g/mol. The van der Waals surface area contributed by atoms with Crippen molar-refractivity contribution in [2.24, 2.45) is 0 Å². The van der Waals surface area contributed by atoms with Gasteiger partial charge in [0.25, 0.3) is 0 Å². The van der Waals surface area contributed by atoms with Gasteiger partial charge in [0.15, 0.2) is 0 Å². The summed E-state index contributed by atoms with van der Waals surface area (Å²) in [5.41, 5.74) is 0. The quantitative estimate of drug-likeness (QED) is 0.828. The van der Waals surface area contributed by atoms with Crippen LogP contribution < -0.4 is 10.6 Å². The summed E-state index contributed by atoms with van der Waals surface area (Å²) in [7, 11) is 0. The Morgan fingerprint density at radius 3 is 2.93 bits per heavy atom. The maximum atomic E-state index is 11.3. The van der Waals surface area contributed by atoms with Gasteiger partial charge in [0.05, 0.1) is 6.04 Å². The number of hydrogen-bond donors (Lipinski definition) is 2. The predicted molar refractivity (Wildman–Crippen MR) is 62.1 cm³/mol. The zero-order chi connectivity index (χ0) is 11.3. The highest BCUT2D eigenvalue weighted by atomic mass is 32.1. The molecule has 0 spiro atoms. The third kappa shape index (κ3) is 3.87. The van der Waals surface area contributed by atoms with E-state index in [0.717, 1.165) is 16.3 Å². The van der Waals surface area contributed by atoms with Crippen LogP contribution in [0.2, 0.25) is 0 Å². The highest BCUT2D eigenvalue weighted by Gasteiger charge is 2.11. The van der Waals surface area contributed by atoms with Crippen LogP contribution in [0, 0.1) is 6.92 Å². The summed E-state index contributed by atoms with van der Waals surface area (Å²) in [6.07, 6.45) is 2.76. The Morgan fingerprint density at radius 1 is 1.67 bits per heavy atom. The molecule has 0 aromatic carbocycles. The lowest BCUT2D eigenvalue weighted by Crippen LogP contribution is -2.37. The van der Waals surface area contributed by atoms with E-state index in [1.165, 1.54) is 0 Å². The summed E-state index contributed by atoms with van der Waals surface area (Å²) in [6, 6.07) is -0.155. The van der Waals surface area contributed by atoms with Crippen LogP contribution in [-0.4, -0.2) is 17.6 Å². The largest absolute Gasteiger partial charge is 0.338 e. The first-order valence-corrected chi connectivity index (χ1v) is 5.91. The molecule has 5 heteroatoms. The minimum absolute atomic E-state index is 0.0273. The van der Waals surface area contributed by atoms with E-state index < -0.39 is 0 Å². The fourth-order valence-corrected chi connectivity index (χ4v) is 1.90. The first-order chi connectivity index (χ1) is 7.13. The van der Waals surface area contributed by atoms with Crippen LogP contribution in [0.3, 0.4) is 0 Å². The molecule has 15 heavy (non-hydrogen) atoms. The average molecular weight is 227 g/mol. The van der Waals surface area contributed by atoms with E-state index in [1.54, 1.807) is 11.3 Å². The van der Waals surface area contributed by atoms with Gasteiger partial charge in [-0.2, -0.15) is 0 Å². The standard InChI is InChI=1S/C10H17N3OS/c1-4-5-11-10(14)13-8(3)9-12-6-7(2)15-9/h6,8H,4-5H2,1-3H3,(H2,11,13,14). The molecule has 1 unspecified atom stereocenters. The Hall–Kier alpha value is -1.10. The fraction of sp³-hybridized carbons (Fsp3) is 0.600. The van der Waals surface area contributed by atoms with Crippen molar-refractivity contribution in [3.63, 3.8) is 0 Å². The Bertz CT molecular complexity index is 324. The number of aromatic nitrogens is 1. The maximum absolute atomic E-state index is 11.3. The van der Waals surface area contributed by atoms with Crippen molar-refractivity contribution in [1.29, 1.82) is 0 Å². The molecule has 1 heterocycles. The molecule has 4 nitrogen and oxygen atoms in total. The number of hydrogen-bond acceptors (Lipinski definition) is 3. The van der Waals surface area contributed by atoms with Gasteiger partial charge < -0.3 is 10.6 Å². The highest BCUT2D eigenvalue weighted by Crippen LogP contribution is 2.18. The van der Waals surface area contributed by atoms with Crippen LogP contribution in [0.15, 0.2) is 6.20 Å². The molecule has 0 aliphatic carbocycles. The molecule has 0 radical (unpaired) electrons. The van der Waals surface area contributed by atoms with E-state index in [4.69, 9.17) is 0 Å². The van der Waals surface area contributed by atoms with Gasteiger partial charge in [-0.3, -0.25) is 0 Å². The lowest BCUT2D eigenvalue weighted by atomic mass is 10.3. The van der Waals surface area contributed by atoms with E-state index in [0.29, 0.717) is 6.54 Å². The third-order valence-electron chi connectivity index (χ3n) is 1.89. The van der Waals surface area contributed by atoms with Crippen molar-refractivity contribution in [3.8, 4) is 0 Å². The second-order valence-corrected chi connectivity index (χ2v) is 4.70. The van der Waals surface area contributed by atoms with Gasteiger partial charge in [0.2, 0.25) is 0 Å². The summed E-state index contributed by atoms with van der Waals surface area (Å²) in [5.74, 6) is 0. The van der Waals surface area contributed by atoms with Gasteiger partial charge >= 0.3 is 6.03 Å². The Balaban J connectivity index is 2.41. The molecule has 1 aromatic rings. The zero-order valence-corrected chi connectivity index (χ0v) is 10.1. The van der Waals surface area contributed by atoms with Crippen LogP contribution >= 0.6 is 11.3 Å². The smallest absolute Gasteiger partial charge is 0.315 e. The van der Waals surface area contributed by atoms with Crippen molar-refractivity contribution in [2.45, 2.75) is 33.2 Å². The van der Waals surface area contributed by atoms with E-state index in [1.807, 2.05) is 27.0 Å². The van der Waals surface area contributed by atoms with E-state index >= 15 is 0 Å². The third-order valence-corrected chi connectivity index (χ3v) is 2.99. The summed E-state index contributed by atoms with van der Waals surface area (Å²) < 4.78 is 0. The molecule has 0 saturated heterocycles. The predicted octanol–water partition coefficient (Wildman–Crippen LogP) is 2.22. The van der Waals surface area contributed by atoms with Gasteiger partial charge in [-0.05, 0) is 20.3 Å². The first kappa shape index (κ1) is 12.0. The number of urea groups is 1. The van der Waals surface area contributed by atoms with Gasteiger partial charge in [0.1, 0.15) is 5.01 Å². The molecule has 1 rings (SSSR count). The van der Waals surface area contributed by atoms with Crippen LogP contribution in [0.25, 0.3) is 0 Å². The second-order valence-electron chi connectivity index (χ2n) is 3.43. The Kier molecular flexibility index (Phi) is 4.55. The van der Waals surface area contributed by atoms with Crippen LogP contribution in [-0.2, 0) is 0 Å². The second kappa shape index (κ2) is 5.70. The molecule has 1 atom stereocenters. The topological polar surface area (TPSA) is 54.0 Å². The molecular weight excluding hydrogens is 210 g/mol. The fourth-order valence-electron chi connectivity index (χ4n) is 1.12. The van der Waals surface area contributed by atoms with E-state index in [9.17, 15) is 4.79 Å². The van der Waals surface area contributed by atoms with Gasteiger partial charge in [-0.1, -0.05) is 6.92 Å². The Labute approximate surface area is 94.1 Å². The van der Waals surface area contributed by atoms with Crippen molar-refractivity contribution in [1.82, 2.24) is 15.6 Å². The molecule has 2 amide bonds. The average Bonchev–Trinajstić information content (AvgIpc) is 2.61. The van der Waals surface area contributed by atoms with Crippen LogP contribution in [0.4, 0.5) is 4.79 Å². The highest BCUT2D eigenvalue weighted by molar-refractivity contribution is 7.11. The van der Waals surface area contributed by atoms with Gasteiger partial charge in [0, 0.05) is 17.6 Å². The number of amides is 2. The minimum Gasteiger partial charge on any atom is -0.338 e. The maximum Gasteiger partial charge on any atom is 0.315 e. The molecule has 1 aromatic heterocycles. The molecule has 0 fully saturated rings.